The Labute approximate surface area is 297 Å². The fourth-order valence-corrected chi connectivity index (χ4v) is 4.75. The number of imidazole rings is 2. The van der Waals surface area contributed by atoms with Gasteiger partial charge in [-0.25, -0.2) is 23.9 Å². The molecule has 0 saturated heterocycles. The minimum atomic E-state index is -1.47. The SMILES string of the molecule is O=C(Nc1cc(OCCCCOc2cc(NC(=O)c3ccc(-n4ccnc4)nn3)c(C(=O)O)cc2F)ccc1C(=O)O)c1ccc(-n2ccnc2)nn1. The normalized spacial score (nSPS) is 10.7. The van der Waals surface area contributed by atoms with Gasteiger partial charge in [0.1, 0.15) is 18.4 Å². The lowest BCUT2D eigenvalue weighted by atomic mass is 10.1. The first-order chi connectivity index (χ1) is 25.7. The number of halogens is 1. The fraction of sp³-hybridized carbons (Fsp3) is 0.118. The molecule has 4 heterocycles. The Morgan fingerprint density at radius 1 is 0.660 bits per heavy atom. The molecule has 6 aromatic rings. The number of carbonyl (C=O) groups excluding carboxylic acids is 2. The van der Waals surface area contributed by atoms with Gasteiger partial charge in [-0.1, -0.05) is 0 Å². The summed E-state index contributed by atoms with van der Waals surface area (Å²) in [5, 5.41) is 39.9. The standard InChI is InChI=1S/C34H27FN10O8/c35-23-16-22(34(50)51)27(39-32(47)25-6-8-30(43-41-25)45-12-10-37-19-45)17-28(23)53-14-2-1-13-52-20-3-4-21(33(48)49)26(15-20)38-31(46)24-5-7-29(42-40-24)44-11-9-36-18-44/h3-12,15-19H,1-2,13-14H2,(H,38,46)(H,39,47)(H,48,49)(H,50,51). The second-order valence-electron chi connectivity index (χ2n) is 11.0. The van der Waals surface area contributed by atoms with E-state index in [1.54, 1.807) is 40.0 Å². The molecule has 6 rings (SSSR count). The highest BCUT2D eigenvalue weighted by Crippen LogP contribution is 2.28. The van der Waals surface area contributed by atoms with Gasteiger partial charge < -0.3 is 30.3 Å². The third-order valence-corrected chi connectivity index (χ3v) is 7.39. The number of hydrogen-bond acceptors (Lipinski definition) is 12. The van der Waals surface area contributed by atoms with Crippen LogP contribution in [-0.2, 0) is 0 Å². The topological polar surface area (TPSA) is 238 Å². The van der Waals surface area contributed by atoms with E-state index in [-0.39, 0.29) is 53.0 Å². The van der Waals surface area contributed by atoms with Crippen LogP contribution in [0.25, 0.3) is 11.6 Å². The number of ether oxygens (including phenoxy) is 2. The summed E-state index contributed by atoms with van der Waals surface area (Å²) in [6, 6.07) is 11.8. The lowest BCUT2D eigenvalue weighted by Crippen LogP contribution is -2.17. The molecule has 0 aliphatic heterocycles. The molecule has 0 atom stereocenters. The Balaban J connectivity index is 1.02. The number of nitrogens with one attached hydrogen (secondary N) is 2. The molecule has 0 aliphatic rings. The maximum atomic E-state index is 14.8. The van der Waals surface area contributed by atoms with Gasteiger partial charge in [-0.3, -0.25) is 18.7 Å². The van der Waals surface area contributed by atoms with E-state index in [1.807, 2.05) is 0 Å². The van der Waals surface area contributed by atoms with Crippen molar-refractivity contribution in [2.45, 2.75) is 12.8 Å². The van der Waals surface area contributed by atoms with Crippen LogP contribution >= 0.6 is 0 Å². The molecule has 0 aliphatic carbocycles. The van der Waals surface area contributed by atoms with Gasteiger partial charge >= 0.3 is 11.9 Å². The van der Waals surface area contributed by atoms with Crippen molar-refractivity contribution in [2.75, 3.05) is 23.8 Å². The third-order valence-electron chi connectivity index (χ3n) is 7.39. The van der Waals surface area contributed by atoms with Gasteiger partial charge in [0.2, 0.25) is 0 Å². The van der Waals surface area contributed by atoms with Crippen molar-refractivity contribution in [2.24, 2.45) is 0 Å². The predicted octanol–water partition coefficient (Wildman–Crippen LogP) is 3.92. The molecule has 0 spiro atoms. The average Bonchev–Trinajstić information content (AvgIpc) is 3.90. The van der Waals surface area contributed by atoms with E-state index in [2.05, 4.69) is 41.0 Å². The summed E-state index contributed by atoms with van der Waals surface area (Å²) >= 11 is 0. The number of aromatic carboxylic acids is 2. The molecular formula is C34H27FN10O8. The monoisotopic (exact) mass is 722 g/mol. The highest BCUT2D eigenvalue weighted by Gasteiger charge is 2.20. The van der Waals surface area contributed by atoms with Crippen molar-refractivity contribution < 1.29 is 43.3 Å². The number of hydrogen-bond donors (Lipinski definition) is 4. The average molecular weight is 723 g/mol. The zero-order valence-corrected chi connectivity index (χ0v) is 27.3. The molecule has 268 valence electrons. The number of carbonyl (C=O) groups is 4. The van der Waals surface area contributed by atoms with Gasteiger partial charge in [0.25, 0.3) is 11.8 Å². The first-order valence-corrected chi connectivity index (χ1v) is 15.6. The van der Waals surface area contributed by atoms with Crippen molar-refractivity contribution in [3.05, 3.63) is 120 Å². The number of carboxylic acids is 2. The molecule has 53 heavy (non-hydrogen) atoms. The van der Waals surface area contributed by atoms with E-state index in [9.17, 15) is 33.8 Å². The number of benzene rings is 2. The summed E-state index contributed by atoms with van der Waals surface area (Å²) in [7, 11) is 0. The predicted molar refractivity (Wildman–Crippen MR) is 181 cm³/mol. The van der Waals surface area contributed by atoms with Gasteiger partial charge in [-0.2, -0.15) is 0 Å². The van der Waals surface area contributed by atoms with E-state index < -0.39 is 35.1 Å². The molecular weight excluding hydrogens is 695 g/mol. The fourth-order valence-electron chi connectivity index (χ4n) is 4.75. The van der Waals surface area contributed by atoms with Gasteiger partial charge in [0.05, 0.1) is 35.7 Å². The number of amides is 2. The van der Waals surface area contributed by atoms with Gasteiger partial charge in [-0.15, -0.1) is 20.4 Å². The van der Waals surface area contributed by atoms with Crippen LogP contribution in [0.3, 0.4) is 0 Å². The van der Waals surface area contributed by atoms with Crippen LogP contribution < -0.4 is 20.1 Å². The van der Waals surface area contributed by atoms with Gasteiger partial charge in [0, 0.05) is 36.9 Å². The van der Waals surface area contributed by atoms with E-state index in [4.69, 9.17) is 9.47 Å². The Bertz CT molecular complexity index is 2250. The Kier molecular flexibility index (Phi) is 10.6. The van der Waals surface area contributed by atoms with Gasteiger partial charge in [-0.05, 0) is 55.3 Å². The summed E-state index contributed by atoms with van der Waals surface area (Å²) < 4.78 is 29.2. The number of nitrogens with zero attached hydrogens (tertiary/aromatic N) is 8. The van der Waals surface area contributed by atoms with E-state index >= 15 is 0 Å². The molecule has 0 unspecified atom stereocenters. The van der Waals surface area contributed by atoms with E-state index in [1.165, 1.54) is 49.1 Å². The Hall–Kier alpha value is -7.57. The maximum absolute atomic E-state index is 14.8. The molecule has 0 saturated carbocycles. The minimum absolute atomic E-state index is 0.00119. The van der Waals surface area contributed by atoms with Crippen molar-refractivity contribution in [1.29, 1.82) is 0 Å². The molecule has 18 nitrogen and oxygen atoms in total. The molecule has 19 heteroatoms. The van der Waals surface area contributed by atoms with Crippen LogP contribution in [0.15, 0.2) is 92.0 Å². The minimum Gasteiger partial charge on any atom is -0.494 e. The summed E-state index contributed by atoms with van der Waals surface area (Å²) in [6.07, 6.45) is 10.2. The van der Waals surface area contributed by atoms with Crippen LogP contribution in [0.1, 0.15) is 54.5 Å². The molecule has 4 aromatic heterocycles. The molecule has 2 amide bonds. The quantitative estimate of drug-likeness (QED) is 0.110. The largest absolute Gasteiger partial charge is 0.494 e. The second-order valence-corrected chi connectivity index (χ2v) is 11.0. The van der Waals surface area contributed by atoms with E-state index in [0.717, 1.165) is 12.1 Å². The van der Waals surface area contributed by atoms with Crippen LogP contribution in [-0.4, -0.2) is 86.7 Å². The maximum Gasteiger partial charge on any atom is 0.337 e. The number of aromatic nitrogens is 8. The molecule has 0 bridgehead atoms. The van der Waals surface area contributed by atoms with E-state index in [0.29, 0.717) is 24.5 Å². The van der Waals surface area contributed by atoms with Crippen LogP contribution in [0.5, 0.6) is 11.5 Å². The number of carboxylic acid groups (broad SMARTS) is 2. The lowest BCUT2D eigenvalue weighted by Gasteiger charge is -2.13. The van der Waals surface area contributed by atoms with Crippen LogP contribution in [0, 0.1) is 5.82 Å². The molecule has 0 radical (unpaired) electrons. The zero-order valence-electron chi connectivity index (χ0n) is 27.3. The highest BCUT2D eigenvalue weighted by atomic mass is 19.1. The molecule has 4 N–H and O–H groups in total. The van der Waals surface area contributed by atoms with Crippen LogP contribution in [0.4, 0.5) is 15.8 Å². The third kappa shape index (κ3) is 8.60. The van der Waals surface area contributed by atoms with Crippen molar-refractivity contribution in [3.63, 3.8) is 0 Å². The summed E-state index contributed by atoms with van der Waals surface area (Å²) in [5.41, 5.74) is -1.08. The first kappa shape index (κ1) is 35.3. The summed E-state index contributed by atoms with van der Waals surface area (Å²) in [6.45, 7) is 0.147. The summed E-state index contributed by atoms with van der Waals surface area (Å²) in [5.74, 6) is -4.35. The first-order valence-electron chi connectivity index (χ1n) is 15.6. The molecule has 0 fully saturated rings. The van der Waals surface area contributed by atoms with Gasteiger partial charge in [0.15, 0.2) is 34.6 Å². The van der Waals surface area contributed by atoms with Crippen molar-refractivity contribution >= 4 is 35.1 Å². The number of anilines is 2. The highest BCUT2D eigenvalue weighted by molar-refractivity contribution is 6.07. The zero-order chi connectivity index (χ0) is 37.3. The Morgan fingerprint density at radius 3 is 1.70 bits per heavy atom. The van der Waals surface area contributed by atoms with Crippen molar-refractivity contribution in [3.8, 4) is 23.1 Å². The number of rotatable bonds is 15. The lowest BCUT2D eigenvalue weighted by molar-refractivity contribution is 0.0686. The van der Waals surface area contributed by atoms with Crippen molar-refractivity contribution in [1.82, 2.24) is 39.5 Å². The number of unbranched alkanes of at least 4 members (excludes halogenated alkanes) is 1. The Morgan fingerprint density at radius 2 is 1.21 bits per heavy atom. The summed E-state index contributed by atoms with van der Waals surface area (Å²) in [4.78, 5) is 57.1. The second kappa shape index (κ2) is 16.0. The van der Waals surface area contributed by atoms with Crippen LogP contribution in [0.2, 0.25) is 0 Å². The molecule has 2 aromatic carbocycles. The smallest absolute Gasteiger partial charge is 0.337 e.